The lowest BCUT2D eigenvalue weighted by Crippen LogP contribution is -2.25. The zero-order chi connectivity index (χ0) is 18.1. The molecule has 1 N–H and O–H groups in total. The fourth-order valence-electron chi connectivity index (χ4n) is 2.65. The van der Waals surface area contributed by atoms with E-state index in [-0.39, 0.29) is 5.91 Å². The van der Waals surface area contributed by atoms with Crippen LogP contribution in [0.3, 0.4) is 0 Å². The first-order chi connectivity index (χ1) is 12.2. The van der Waals surface area contributed by atoms with Crippen LogP contribution >= 0.6 is 0 Å². The minimum Gasteiger partial charge on any atom is -0.496 e. The number of hydrogen-bond donors (Lipinski definition) is 1. The third-order valence-corrected chi connectivity index (χ3v) is 3.84. The van der Waals surface area contributed by atoms with Crippen LogP contribution in [0.4, 0.5) is 0 Å². The van der Waals surface area contributed by atoms with Crippen molar-refractivity contribution in [3.8, 4) is 17.2 Å². The first-order valence-corrected chi connectivity index (χ1v) is 8.41. The van der Waals surface area contributed by atoms with Gasteiger partial charge in [0.25, 0.3) is 5.91 Å². The summed E-state index contributed by atoms with van der Waals surface area (Å²) in [4.78, 5) is 12.5. The molecule has 0 radical (unpaired) electrons. The fraction of sp³-hybridized carbons (Fsp3) is 0.350. The zero-order valence-electron chi connectivity index (χ0n) is 15.0. The van der Waals surface area contributed by atoms with Crippen molar-refractivity contribution in [1.82, 2.24) is 5.32 Å². The molecule has 0 unspecified atom stereocenters. The Balaban J connectivity index is 1.94. The fourth-order valence-corrected chi connectivity index (χ4v) is 2.65. The molecule has 0 atom stereocenters. The van der Waals surface area contributed by atoms with E-state index in [4.69, 9.17) is 14.2 Å². The van der Waals surface area contributed by atoms with Crippen LogP contribution in [0.1, 0.15) is 29.3 Å². The van der Waals surface area contributed by atoms with Gasteiger partial charge < -0.3 is 19.5 Å². The molecular weight excluding hydrogens is 318 g/mol. The molecule has 0 heterocycles. The van der Waals surface area contributed by atoms with Crippen molar-refractivity contribution in [3.63, 3.8) is 0 Å². The second kappa shape index (κ2) is 9.57. The van der Waals surface area contributed by atoms with Crippen molar-refractivity contribution in [2.45, 2.75) is 19.8 Å². The predicted molar refractivity (Wildman–Crippen MR) is 97.8 cm³/mol. The van der Waals surface area contributed by atoms with E-state index in [1.807, 2.05) is 25.1 Å². The van der Waals surface area contributed by atoms with Gasteiger partial charge in [-0.25, -0.2) is 0 Å². The Kier molecular flexibility index (Phi) is 7.14. The lowest BCUT2D eigenvalue weighted by atomic mass is 10.1. The van der Waals surface area contributed by atoms with Gasteiger partial charge in [0.1, 0.15) is 22.8 Å². The molecule has 0 aliphatic rings. The largest absolute Gasteiger partial charge is 0.496 e. The van der Waals surface area contributed by atoms with Crippen molar-refractivity contribution in [2.24, 2.45) is 0 Å². The summed E-state index contributed by atoms with van der Waals surface area (Å²) in [7, 11) is 3.08. The number of rotatable bonds is 9. The highest BCUT2D eigenvalue weighted by molar-refractivity contribution is 5.99. The van der Waals surface area contributed by atoms with E-state index >= 15 is 0 Å². The summed E-state index contributed by atoms with van der Waals surface area (Å²) < 4.78 is 16.2. The summed E-state index contributed by atoms with van der Waals surface area (Å²) in [5, 5.41) is 2.93. The SMILES string of the molecule is CCOc1ccccc1CCCNC(=O)c1c(OC)cccc1OC. The standard InChI is InChI=1S/C20H25NO4/c1-4-25-16-11-6-5-9-15(16)10-8-14-21-20(22)19-17(23-2)12-7-13-18(19)24-3/h5-7,9,11-13H,4,8,10,14H2,1-3H3,(H,21,22). The van der Waals surface area contributed by atoms with Gasteiger partial charge in [0, 0.05) is 6.54 Å². The molecule has 0 spiro atoms. The lowest BCUT2D eigenvalue weighted by Gasteiger charge is -2.13. The predicted octanol–water partition coefficient (Wildman–Crippen LogP) is 3.47. The maximum absolute atomic E-state index is 12.5. The number of ether oxygens (including phenoxy) is 3. The van der Waals surface area contributed by atoms with Crippen molar-refractivity contribution >= 4 is 5.91 Å². The zero-order valence-corrected chi connectivity index (χ0v) is 15.0. The van der Waals surface area contributed by atoms with E-state index in [0.29, 0.717) is 30.2 Å². The van der Waals surface area contributed by atoms with Gasteiger partial charge in [-0.15, -0.1) is 0 Å². The van der Waals surface area contributed by atoms with Crippen molar-refractivity contribution in [2.75, 3.05) is 27.4 Å². The number of para-hydroxylation sites is 1. The summed E-state index contributed by atoms with van der Waals surface area (Å²) in [5.74, 6) is 1.70. The Morgan fingerprint density at radius 2 is 1.60 bits per heavy atom. The van der Waals surface area contributed by atoms with Gasteiger partial charge in [0.15, 0.2) is 0 Å². The molecule has 1 amide bonds. The van der Waals surface area contributed by atoms with Crippen molar-refractivity contribution in [1.29, 1.82) is 0 Å². The van der Waals surface area contributed by atoms with Crippen LogP contribution < -0.4 is 19.5 Å². The average molecular weight is 343 g/mol. The molecule has 0 saturated carbocycles. The maximum atomic E-state index is 12.5. The molecule has 2 aromatic carbocycles. The van der Waals surface area contributed by atoms with E-state index in [0.717, 1.165) is 24.2 Å². The van der Waals surface area contributed by atoms with E-state index in [9.17, 15) is 4.79 Å². The minimum absolute atomic E-state index is 0.201. The van der Waals surface area contributed by atoms with Gasteiger partial charge in [-0.2, -0.15) is 0 Å². The Morgan fingerprint density at radius 1 is 0.960 bits per heavy atom. The van der Waals surface area contributed by atoms with Crippen LogP contribution in [0.25, 0.3) is 0 Å². The number of methoxy groups -OCH3 is 2. The number of amides is 1. The highest BCUT2D eigenvalue weighted by Gasteiger charge is 2.17. The quantitative estimate of drug-likeness (QED) is 0.709. The summed E-state index contributed by atoms with van der Waals surface area (Å²) >= 11 is 0. The summed E-state index contributed by atoms with van der Waals surface area (Å²) in [6, 6.07) is 13.3. The molecule has 134 valence electrons. The topological polar surface area (TPSA) is 56.8 Å². The summed E-state index contributed by atoms with van der Waals surface area (Å²) in [6.45, 7) is 3.17. The first-order valence-electron chi connectivity index (χ1n) is 8.41. The van der Waals surface area contributed by atoms with E-state index in [1.54, 1.807) is 18.2 Å². The van der Waals surface area contributed by atoms with Gasteiger partial charge in [-0.3, -0.25) is 4.79 Å². The lowest BCUT2D eigenvalue weighted by molar-refractivity contribution is 0.0947. The Hall–Kier alpha value is -2.69. The molecule has 0 saturated heterocycles. The van der Waals surface area contributed by atoms with E-state index in [2.05, 4.69) is 11.4 Å². The van der Waals surface area contributed by atoms with Gasteiger partial charge in [-0.1, -0.05) is 24.3 Å². The Morgan fingerprint density at radius 3 is 2.24 bits per heavy atom. The number of nitrogens with one attached hydrogen (secondary N) is 1. The maximum Gasteiger partial charge on any atom is 0.258 e. The molecule has 5 heteroatoms. The highest BCUT2D eigenvalue weighted by Crippen LogP contribution is 2.28. The number of carbonyl (C=O) groups is 1. The first kappa shape index (κ1) is 18.6. The monoisotopic (exact) mass is 343 g/mol. The highest BCUT2D eigenvalue weighted by atomic mass is 16.5. The molecule has 0 aliphatic heterocycles. The van der Waals surface area contributed by atoms with E-state index < -0.39 is 0 Å². The van der Waals surface area contributed by atoms with Gasteiger partial charge in [-0.05, 0) is 43.5 Å². The van der Waals surface area contributed by atoms with Crippen LogP contribution in [0.5, 0.6) is 17.2 Å². The summed E-state index contributed by atoms with van der Waals surface area (Å²) in [6.07, 6.45) is 1.65. The van der Waals surface area contributed by atoms with Gasteiger partial charge in [0.05, 0.1) is 20.8 Å². The molecule has 5 nitrogen and oxygen atoms in total. The smallest absolute Gasteiger partial charge is 0.258 e. The Labute approximate surface area is 148 Å². The van der Waals surface area contributed by atoms with Crippen LogP contribution in [-0.4, -0.2) is 33.3 Å². The van der Waals surface area contributed by atoms with Crippen LogP contribution in [0.2, 0.25) is 0 Å². The van der Waals surface area contributed by atoms with Crippen LogP contribution in [-0.2, 0) is 6.42 Å². The second-order valence-electron chi connectivity index (χ2n) is 5.44. The Bertz CT molecular complexity index is 678. The molecule has 25 heavy (non-hydrogen) atoms. The normalized spacial score (nSPS) is 10.2. The molecule has 0 bridgehead atoms. The van der Waals surface area contributed by atoms with Gasteiger partial charge >= 0.3 is 0 Å². The number of hydrogen-bond acceptors (Lipinski definition) is 4. The number of benzene rings is 2. The van der Waals surface area contributed by atoms with Crippen molar-refractivity contribution in [3.05, 3.63) is 53.6 Å². The van der Waals surface area contributed by atoms with Crippen molar-refractivity contribution < 1.29 is 19.0 Å². The van der Waals surface area contributed by atoms with Crippen LogP contribution in [0, 0.1) is 0 Å². The van der Waals surface area contributed by atoms with Gasteiger partial charge in [0.2, 0.25) is 0 Å². The third-order valence-electron chi connectivity index (χ3n) is 3.84. The molecule has 0 aliphatic carbocycles. The number of aryl methyl sites for hydroxylation is 1. The molecule has 0 aromatic heterocycles. The van der Waals surface area contributed by atoms with Crippen LogP contribution in [0.15, 0.2) is 42.5 Å². The molecule has 0 fully saturated rings. The second-order valence-corrected chi connectivity index (χ2v) is 5.44. The van der Waals surface area contributed by atoms with E-state index in [1.165, 1.54) is 14.2 Å². The average Bonchev–Trinajstić information content (AvgIpc) is 2.65. The summed E-state index contributed by atoms with van der Waals surface area (Å²) in [5.41, 5.74) is 1.57. The molecule has 2 rings (SSSR count). The molecule has 2 aromatic rings. The third kappa shape index (κ3) is 4.89. The number of carbonyl (C=O) groups excluding carboxylic acids is 1. The minimum atomic E-state index is -0.201. The molecular formula is C20H25NO4.